The maximum Gasteiger partial charge on any atom is 0.248 e. The third-order valence-electron chi connectivity index (χ3n) is 5.42. The van der Waals surface area contributed by atoms with Crippen LogP contribution in [0.5, 0.6) is 0 Å². The van der Waals surface area contributed by atoms with Crippen LogP contribution < -0.4 is 0 Å². The Morgan fingerprint density at radius 2 is 2.08 bits per heavy atom. The van der Waals surface area contributed by atoms with Crippen LogP contribution in [0.2, 0.25) is 0 Å². The van der Waals surface area contributed by atoms with Gasteiger partial charge in [0.15, 0.2) is 0 Å². The van der Waals surface area contributed by atoms with E-state index in [1.807, 2.05) is 34.9 Å². The molecule has 0 N–H and O–H groups in total. The zero-order valence-corrected chi connectivity index (χ0v) is 15.4. The number of hydrogen-bond donors (Lipinski definition) is 0. The first-order valence-electron chi connectivity index (χ1n) is 9.27. The Morgan fingerprint density at radius 3 is 2.84 bits per heavy atom. The molecule has 136 valence electrons. The van der Waals surface area contributed by atoms with Gasteiger partial charge in [-0.25, -0.2) is 0 Å². The van der Waals surface area contributed by atoms with Gasteiger partial charge in [-0.15, -0.1) is 11.8 Å². The van der Waals surface area contributed by atoms with Crippen molar-refractivity contribution in [2.45, 2.75) is 55.7 Å². The Balaban J connectivity index is 1.17. The van der Waals surface area contributed by atoms with Crippen LogP contribution in [-0.2, 0) is 20.9 Å². The molecule has 6 heteroatoms. The number of ether oxygens (including phenoxy) is 2. The molecule has 1 spiro atoms. The van der Waals surface area contributed by atoms with Crippen molar-refractivity contribution in [2.75, 3.05) is 25.4 Å². The van der Waals surface area contributed by atoms with Crippen LogP contribution in [0.1, 0.15) is 37.8 Å². The minimum atomic E-state index is 0.149. The van der Waals surface area contributed by atoms with Crippen molar-refractivity contribution in [3.05, 3.63) is 30.1 Å². The zero-order valence-electron chi connectivity index (χ0n) is 14.6. The molecule has 5 nitrogen and oxygen atoms in total. The number of hydrogen-bond acceptors (Lipinski definition) is 5. The first-order chi connectivity index (χ1) is 12.2. The summed E-state index contributed by atoms with van der Waals surface area (Å²) < 4.78 is 12.0. The van der Waals surface area contributed by atoms with E-state index in [1.54, 1.807) is 6.20 Å². The van der Waals surface area contributed by atoms with Crippen LogP contribution in [0.4, 0.5) is 0 Å². The van der Waals surface area contributed by atoms with Gasteiger partial charge in [-0.2, -0.15) is 0 Å². The highest BCUT2D eigenvalue weighted by molar-refractivity contribution is 8.01. The fourth-order valence-corrected chi connectivity index (χ4v) is 5.53. The molecule has 4 rings (SSSR count). The summed E-state index contributed by atoms with van der Waals surface area (Å²) in [4.78, 5) is 18.5. The second-order valence-electron chi connectivity index (χ2n) is 7.42. The van der Waals surface area contributed by atoms with Crippen molar-refractivity contribution in [2.24, 2.45) is 0 Å². The second kappa shape index (κ2) is 7.64. The van der Waals surface area contributed by atoms with E-state index in [0.29, 0.717) is 12.7 Å². The quantitative estimate of drug-likeness (QED) is 0.779. The summed E-state index contributed by atoms with van der Waals surface area (Å²) in [6.45, 7) is 2.51. The molecule has 2 saturated heterocycles. The zero-order chi connectivity index (χ0) is 17.1. The van der Waals surface area contributed by atoms with Crippen LogP contribution in [0.25, 0.3) is 0 Å². The number of pyridine rings is 1. The number of aromatic nitrogens is 1. The van der Waals surface area contributed by atoms with Crippen molar-refractivity contribution in [1.82, 2.24) is 9.88 Å². The largest absolute Gasteiger partial charge is 0.371 e. The summed E-state index contributed by atoms with van der Waals surface area (Å²) in [5.74, 6) is 1.16. The van der Waals surface area contributed by atoms with Crippen LogP contribution in [0.3, 0.4) is 0 Å². The Hall–Kier alpha value is -1.11. The van der Waals surface area contributed by atoms with Crippen LogP contribution in [-0.4, -0.2) is 58.2 Å². The highest BCUT2D eigenvalue weighted by Crippen LogP contribution is 2.46. The average Bonchev–Trinajstić information content (AvgIpc) is 3.27. The van der Waals surface area contributed by atoms with Gasteiger partial charge in [0, 0.05) is 25.0 Å². The molecule has 1 aromatic rings. The lowest BCUT2D eigenvalue weighted by Crippen LogP contribution is -2.61. The smallest absolute Gasteiger partial charge is 0.248 e. The number of carbonyl (C=O) groups excluding carboxylic acids is 1. The number of amides is 1. The van der Waals surface area contributed by atoms with Gasteiger partial charge >= 0.3 is 0 Å². The molecule has 3 heterocycles. The molecule has 0 radical (unpaired) electrons. The monoisotopic (exact) mass is 362 g/mol. The van der Waals surface area contributed by atoms with Gasteiger partial charge in [0.1, 0.15) is 6.61 Å². The predicted octanol–water partition coefficient (Wildman–Crippen LogP) is 2.64. The van der Waals surface area contributed by atoms with E-state index in [-0.39, 0.29) is 23.4 Å². The van der Waals surface area contributed by atoms with Gasteiger partial charge in [0.2, 0.25) is 5.91 Å². The van der Waals surface area contributed by atoms with Crippen molar-refractivity contribution >= 4 is 17.7 Å². The fraction of sp³-hybridized carbons (Fsp3) is 0.684. The summed E-state index contributed by atoms with van der Waals surface area (Å²) in [5.41, 5.74) is 0.975. The number of rotatable bonds is 6. The maximum atomic E-state index is 12.3. The lowest BCUT2D eigenvalue weighted by atomic mass is 9.93. The van der Waals surface area contributed by atoms with E-state index in [4.69, 9.17) is 9.47 Å². The number of likely N-dealkylation sites (tertiary alicyclic amines) is 1. The molecule has 3 aliphatic rings. The Morgan fingerprint density at radius 1 is 1.24 bits per heavy atom. The number of carbonyl (C=O) groups is 1. The standard InChI is InChI=1S/C19H26N2O3S/c22-18(11-24-16-6-1-2-7-16)21-13-19(14-21)9-17(12-25-19)23-10-15-5-3-4-8-20-15/h3-5,8,16-17H,1-2,6-7,9-14H2/t17-/m0/s1. The summed E-state index contributed by atoms with van der Waals surface area (Å²) in [6.07, 6.45) is 8.10. The molecule has 1 saturated carbocycles. The topological polar surface area (TPSA) is 51.7 Å². The van der Waals surface area contributed by atoms with E-state index in [1.165, 1.54) is 12.8 Å². The normalized spacial score (nSPS) is 25.4. The van der Waals surface area contributed by atoms with E-state index < -0.39 is 0 Å². The van der Waals surface area contributed by atoms with Crippen LogP contribution in [0, 0.1) is 0 Å². The van der Waals surface area contributed by atoms with Gasteiger partial charge in [-0.05, 0) is 31.4 Å². The second-order valence-corrected chi connectivity index (χ2v) is 8.91. The van der Waals surface area contributed by atoms with E-state index >= 15 is 0 Å². The Kier molecular flexibility index (Phi) is 5.29. The summed E-state index contributed by atoms with van der Waals surface area (Å²) in [7, 11) is 0. The third kappa shape index (κ3) is 4.18. The minimum absolute atomic E-state index is 0.149. The van der Waals surface area contributed by atoms with Crippen LogP contribution >= 0.6 is 11.8 Å². The molecular formula is C19H26N2O3S. The summed E-state index contributed by atoms with van der Waals surface area (Å²) >= 11 is 1.96. The number of nitrogens with zero attached hydrogens (tertiary/aromatic N) is 2. The van der Waals surface area contributed by atoms with Crippen molar-refractivity contribution in [1.29, 1.82) is 0 Å². The van der Waals surface area contributed by atoms with E-state index in [9.17, 15) is 4.79 Å². The lowest BCUT2D eigenvalue weighted by Gasteiger charge is -2.47. The third-order valence-corrected chi connectivity index (χ3v) is 7.00. The lowest BCUT2D eigenvalue weighted by molar-refractivity contribution is -0.143. The Labute approximate surface area is 153 Å². The van der Waals surface area contributed by atoms with Crippen molar-refractivity contribution < 1.29 is 14.3 Å². The van der Waals surface area contributed by atoms with Gasteiger partial charge in [0.05, 0.1) is 29.3 Å². The fourth-order valence-electron chi connectivity index (χ4n) is 3.98. The van der Waals surface area contributed by atoms with Crippen molar-refractivity contribution in [3.8, 4) is 0 Å². The molecule has 0 unspecified atom stereocenters. The summed E-state index contributed by atoms with van der Waals surface area (Å²) in [5, 5.41) is 0. The van der Waals surface area contributed by atoms with Gasteiger partial charge in [0.25, 0.3) is 0 Å². The molecule has 1 aromatic heterocycles. The van der Waals surface area contributed by atoms with Gasteiger partial charge in [-0.3, -0.25) is 9.78 Å². The maximum absolute atomic E-state index is 12.3. The molecule has 25 heavy (non-hydrogen) atoms. The SMILES string of the molecule is O=C(COC1CCCC1)N1CC2(C[C@H](OCc3ccccn3)CS2)C1. The molecule has 1 aliphatic carbocycles. The first kappa shape index (κ1) is 17.3. The first-order valence-corrected chi connectivity index (χ1v) is 10.3. The van der Waals surface area contributed by atoms with E-state index in [0.717, 1.165) is 43.8 Å². The van der Waals surface area contributed by atoms with Gasteiger partial charge in [-0.1, -0.05) is 18.9 Å². The van der Waals surface area contributed by atoms with Gasteiger partial charge < -0.3 is 14.4 Å². The molecular weight excluding hydrogens is 336 g/mol. The molecule has 0 bridgehead atoms. The predicted molar refractivity (Wildman–Crippen MR) is 97.4 cm³/mol. The summed E-state index contributed by atoms with van der Waals surface area (Å²) in [6, 6.07) is 5.89. The molecule has 1 atom stereocenters. The Bertz CT molecular complexity index is 586. The average molecular weight is 362 g/mol. The number of thioether (sulfide) groups is 1. The van der Waals surface area contributed by atoms with Crippen molar-refractivity contribution in [3.63, 3.8) is 0 Å². The van der Waals surface area contributed by atoms with Crippen LogP contribution in [0.15, 0.2) is 24.4 Å². The highest BCUT2D eigenvalue weighted by atomic mass is 32.2. The molecule has 3 fully saturated rings. The minimum Gasteiger partial charge on any atom is -0.371 e. The molecule has 1 amide bonds. The highest BCUT2D eigenvalue weighted by Gasteiger charge is 2.50. The van der Waals surface area contributed by atoms with E-state index in [2.05, 4.69) is 4.98 Å². The molecule has 0 aromatic carbocycles. The molecule has 2 aliphatic heterocycles.